The number of hydrogen-bond donors (Lipinski definition) is 0. The lowest BCUT2D eigenvalue weighted by Crippen LogP contribution is -2.60. The summed E-state index contributed by atoms with van der Waals surface area (Å²) in [7, 11) is 1.39. The first-order valence-electron chi connectivity index (χ1n) is 15.5. The average molecular weight is 551 g/mol. The molecule has 40 heavy (non-hydrogen) atoms. The molecule has 2 bridgehead atoms. The van der Waals surface area contributed by atoms with Crippen LogP contribution in [0.3, 0.4) is 0 Å². The molecule has 6 rings (SSSR count). The molecule has 1 heterocycles. The Bertz CT molecular complexity index is 1250. The Kier molecular flexibility index (Phi) is 6.30. The van der Waals surface area contributed by atoms with Crippen LogP contribution in [-0.2, 0) is 28.6 Å². The van der Waals surface area contributed by atoms with Crippen LogP contribution in [0.15, 0.2) is 34.4 Å². The van der Waals surface area contributed by atoms with Crippen molar-refractivity contribution in [2.75, 3.05) is 7.11 Å². The molecule has 0 amide bonds. The molecule has 2 saturated carbocycles. The summed E-state index contributed by atoms with van der Waals surface area (Å²) in [6.45, 7) is 13.1. The third kappa shape index (κ3) is 3.25. The summed E-state index contributed by atoms with van der Waals surface area (Å²) in [5, 5.41) is 0. The van der Waals surface area contributed by atoms with Gasteiger partial charge in [0.1, 0.15) is 12.2 Å². The Morgan fingerprint density at radius 2 is 1.88 bits per heavy atom. The monoisotopic (exact) mass is 550 g/mol. The van der Waals surface area contributed by atoms with Gasteiger partial charge in [0.25, 0.3) is 0 Å². The Balaban J connectivity index is 1.52. The zero-order valence-corrected chi connectivity index (χ0v) is 25.4. The first-order chi connectivity index (χ1) is 18.9. The second-order valence-electron chi connectivity index (χ2n) is 14.5. The fourth-order valence-corrected chi connectivity index (χ4v) is 10.8. The highest BCUT2D eigenvalue weighted by atomic mass is 16.6. The molecular formula is C34H46O6. The van der Waals surface area contributed by atoms with E-state index in [0.717, 1.165) is 31.6 Å². The highest BCUT2D eigenvalue weighted by Gasteiger charge is 2.81. The first kappa shape index (κ1) is 27.8. The quantitative estimate of drug-likeness (QED) is 0.261. The molecule has 0 aromatic heterocycles. The number of fused-ring (bicyclic) bond motifs is 1. The van der Waals surface area contributed by atoms with Crippen LogP contribution in [0.4, 0.5) is 0 Å². The lowest BCUT2D eigenvalue weighted by atomic mass is 9.40. The van der Waals surface area contributed by atoms with Gasteiger partial charge in [0.05, 0.1) is 23.7 Å². The third-order valence-electron chi connectivity index (χ3n) is 12.4. The summed E-state index contributed by atoms with van der Waals surface area (Å²) < 4.78 is 17.5. The summed E-state index contributed by atoms with van der Waals surface area (Å²) in [5.74, 6) is 0.709. The zero-order chi connectivity index (χ0) is 28.8. The van der Waals surface area contributed by atoms with Gasteiger partial charge in [-0.3, -0.25) is 4.79 Å². The van der Waals surface area contributed by atoms with Crippen LogP contribution in [0.25, 0.3) is 0 Å². The predicted octanol–water partition coefficient (Wildman–Crippen LogP) is 6.64. The van der Waals surface area contributed by atoms with E-state index in [-0.39, 0.29) is 29.6 Å². The standard InChI is InChI=1S/C34H46O6/c1-19(2)9-8-10-20(3)23-11-12-24-25-14-16-33-17-22(39-21(4)35)13-15-32(33,6)34(25)26(18-31(23,24)5)40-30(37)28(34)27(33)29(36)38-7/h14,16,19-20,22-23,26H,8-13,15,17-18H2,1-7H3/t20-,22+,23-,26+,31-,32+,33+,34-/m1/s1. The zero-order valence-electron chi connectivity index (χ0n) is 25.4. The average Bonchev–Trinajstić information content (AvgIpc) is 3.39. The maximum absolute atomic E-state index is 13.9. The fraction of sp³-hybridized carbons (Fsp3) is 0.735. The molecule has 0 unspecified atom stereocenters. The van der Waals surface area contributed by atoms with E-state index in [1.807, 2.05) is 0 Å². The molecule has 0 N–H and O–H groups in total. The van der Waals surface area contributed by atoms with Gasteiger partial charge in [-0.05, 0) is 72.7 Å². The minimum absolute atomic E-state index is 0.0398. The molecule has 1 aliphatic heterocycles. The molecule has 0 aromatic carbocycles. The van der Waals surface area contributed by atoms with Crippen LogP contribution >= 0.6 is 0 Å². The number of carbonyl (C=O) groups is 3. The van der Waals surface area contributed by atoms with Crippen LogP contribution in [0.5, 0.6) is 0 Å². The fourth-order valence-electron chi connectivity index (χ4n) is 10.8. The maximum Gasteiger partial charge on any atom is 0.335 e. The topological polar surface area (TPSA) is 78.9 Å². The number of ether oxygens (including phenoxy) is 3. The molecular weight excluding hydrogens is 504 g/mol. The number of hydrogen-bond acceptors (Lipinski definition) is 6. The van der Waals surface area contributed by atoms with E-state index in [1.54, 1.807) is 0 Å². The van der Waals surface area contributed by atoms with Gasteiger partial charge in [-0.15, -0.1) is 0 Å². The van der Waals surface area contributed by atoms with E-state index in [4.69, 9.17) is 14.2 Å². The summed E-state index contributed by atoms with van der Waals surface area (Å²) >= 11 is 0. The predicted molar refractivity (Wildman–Crippen MR) is 151 cm³/mol. The number of rotatable bonds is 7. The van der Waals surface area contributed by atoms with Crippen molar-refractivity contribution >= 4 is 17.9 Å². The van der Waals surface area contributed by atoms with Crippen LogP contribution in [0.2, 0.25) is 0 Å². The Morgan fingerprint density at radius 1 is 1.12 bits per heavy atom. The van der Waals surface area contributed by atoms with Crippen molar-refractivity contribution < 1.29 is 28.6 Å². The van der Waals surface area contributed by atoms with E-state index in [0.29, 0.717) is 35.8 Å². The van der Waals surface area contributed by atoms with Gasteiger partial charge in [0.2, 0.25) is 0 Å². The summed E-state index contributed by atoms with van der Waals surface area (Å²) in [6.07, 6.45) is 12.4. The second-order valence-corrected chi connectivity index (χ2v) is 14.5. The SMILES string of the molecule is COC(=O)C1=C2C(=O)O[C@H]3C[C@@]4(C)C(=C5C=C[C@]16C[C@@H](OC(C)=O)CC[C@]6(C)[C@@]523)CC[C@@H]4[C@H](C)CCCC(C)C. The highest BCUT2D eigenvalue weighted by Crippen LogP contribution is 2.82. The highest BCUT2D eigenvalue weighted by molar-refractivity contribution is 6.08. The molecule has 218 valence electrons. The van der Waals surface area contributed by atoms with E-state index in [1.165, 1.54) is 44.4 Å². The van der Waals surface area contributed by atoms with E-state index in [2.05, 4.69) is 46.8 Å². The van der Waals surface area contributed by atoms with Gasteiger partial charge >= 0.3 is 17.9 Å². The molecule has 0 aromatic rings. The van der Waals surface area contributed by atoms with Crippen molar-refractivity contribution in [3.63, 3.8) is 0 Å². The summed E-state index contributed by atoms with van der Waals surface area (Å²) in [4.78, 5) is 39.5. The number of allylic oxidation sites excluding steroid dienone is 3. The Labute approximate surface area is 239 Å². The Hall–Kier alpha value is -2.37. The van der Waals surface area contributed by atoms with Gasteiger partial charge in [0.15, 0.2) is 0 Å². The number of carbonyl (C=O) groups excluding carboxylic acids is 3. The van der Waals surface area contributed by atoms with Crippen molar-refractivity contribution in [3.8, 4) is 0 Å². The second kappa shape index (κ2) is 9.06. The van der Waals surface area contributed by atoms with Crippen LogP contribution < -0.4 is 0 Å². The smallest absolute Gasteiger partial charge is 0.335 e. The molecule has 6 heteroatoms. The van der Waals surface area contributed by atoms with E-state index in [9.17, 15) is 14.4 Å². The van der Waals surface area contributed by atoms with Gasteiger partial charge in [-0.1, -0.05) is 71.6 Å². The van der Waals surface area contributed by atoms with Crippen molar-refractivity contribution in [3.05, 3.63) is 34.4 Å². The maximum atomic E-state index is 13.9. The molecule has 8 atom stereocenters. The van der Waals surface area contributed by atoms with Crippen LogP contribution in [-0.4, -0.2) is 37.2 Å². The van der Waals surface area contributed by atoms with Gasteiger partial charge < -0.3 is 14.2 Å². The molecule has 1 saturated heterocycles. The molecule has 1 spiro atoms. The Morgan fingerprint density at radius 3 is 2.55 bits per heavy atom. The van der Waals surface area contributed by atoms with Crippen molar-refractivity contribution in [2.45, 2.75) is 112 Å². The van der Waals surface area contributed by atoms with Crippen molar-refractivity contribution in [2.24, 2.45) is 39.4 Å². The van der Waals surface area contributed by atoms with Crippen molar-refractivity contribution in [1.82, 2.24) is 0 Å². The normalized spacial score (nSPS) is 41.5. The number of esters is 3. The molecule has 3 fully saturated rings. The third-order valence-corrected chi connectivity index (χ3v) is 12.4. The summed E-state index contributed by atoms with van der Waals surface area (Å²) in [6, 6.07) is 0. The molecule has 5 aliphatic carbocycles. The summed E-state index contributed by atoms with van der Waals surface area (Å²) in [5.41, 5.74) is 1.76. The lowest BCUT2D eigenvalue weighted by molar-refractivity contribution is -0.162. The van der Waals surface area contributed by atoms with Crippen LogP contribution in [0, 0.1) is 39.4 Å². The first-order valence-corrected chi connectivity index (χ1v) is 15.5. The minimum atomic E-state index is -0.745. The van der Waals surface area contributed by atoms with Gasteiger partial charge in [-0.2, -0.15) is 0 Å². The largest absolute Gasteiger partial charge is 0.466 e. The number of methoxy groups -OCH3 is 1. The van der Waals surface area contributed by atoms with Gasteiger partial charge in [0, 0.05) is 12.3 Å². The van der Waals surface area contributed by atoms with E-state index >= 15 is 0 Å². The molecule has 6 aliphatic rings. The molecule has 0 radical (unpaired) electrons. The molecule has 6 nitrogen and oxygen atoms in total. The van der Waals surface area contributed by atoms with Crippen LogP contribution in [0.1, 0.15) is 99.3 Å². The van der Waals surface area contributed by atoms with E-state index < -0.39 is 22.2 Å². The van der Waals surface area contributed by atoms with Gasteiger partial charge in [-0.25, -0.2) is 9.59 Å². The van der Waals surface area contributed by atoms with Crippen molar-refractivity contribution in [1.29, 1.82) is 0 Å². The minimum Gasteiger partial charge on any atom is -0.466 e. The lowest BCUT2D eigenvalue weighted by Gasteiger charge is -2.62.